The molecular formula is C13H21F3N2O6. The number of carbonyl (C=O) groups excluding carboxylic acids is 2. The smallest absolute Gasteiger partial charge is 0.475 e. The van der Waals surface area contributed by atoms with Gasteiger partial charge in [-0.25, -0.2) is 9.59 Å². The summed E-state index contributed by atoms with van der Waals surface area (Å²) in [4.78, 5) is 31.5. The fourth-order valence-corrected chi connectivity index (χ4v) is 1.65. The number of rotatable bonds is 5. The molecule has 1 rings (SSSR count). The molecule has 0 spiro atoms. The maximum atomic E-state index is 11.5. The van der Waals surface area contributed by atoms with Crippen molar-refractivity contribution in [3.63, 3.8) is 0 Å². The van der Waals surface area contributed by atoms with E-state index in [0.29, 0.717) is 26.1 Å². The Morgan fingerprint density at radius 3 is 2.25 bits per heavy atom. The number of nitrogens with one attached hydrogen (secondary N) is 1. The van der Waals surface area contributed by atoms with Crippen LogP contribution in [-0.2, 0) is 19.1 Å². The Morgan fingerprint density at radius 1 is 1.38 bits per heavy atom. The molecule has 0 unspecified atom stereocenters. The van der Waals surface area contributed by atoms with Crippen molar-refractivity contribution < 1.29 is 42.1 Å². The van der Waals surface area contributed by atoms with Gasteiger partial charge in [-0.1, -0.05) is 13.8 Å². The Bertz CT molecular complexity index is 436. The van der Waals surface area contributed by atoms with E-state index in [4.69, 9.17) is 25.1 Å². The topological polar surface area (TPSA) is 128 Å². The van der Waals surface area contributed by atoms with Crippen LogP contribution in [0.4, 0.5) is 18.0 Å². The molecule has 4 N–H and O–H groups in total. The van der Waals surface area contributed by atoms with Crippen LogP contribution in [-0.4, -0.2) is 54.6 Å². The maximum Gasteiger partial charge on any atom is 0.490 e. The molecule has 0 radical (unpaired) electrons. The molecule has 0 aromatic carbocycles. The SMILES string of the molecule is CC(C)C[C@@H](NC(=O)O[C@H]1CCOC1)C(N)=O.O=C(O)C(F)(F)F. The number of amides is 2. The highest BCUT2D eigenvalue weighted by Gasteiger charge is 2.38. The van der Waals surface area contributed by atoms with E-state index in [9.17, 15) is 22.8 Å². The zero-order valence-electron chi connectivity index (χ0n) is 13.3. The van der Waals surface area contributed by atoms with Crippen LogP contribution in [0.2, 0.25) is 0 Å². The standard InChI is InChI=1S/C11H20N2O4.C2HF3O2/c1-7(2)5-9(10(12)14)13-11(15)17-8-3-4-16-6-8;3-2(4,5)1(6)7/h7-9H,3-6H2,1-2H3,(H2,12,14)(H,13,15);(H,6,7)/t8-,9+;/m0./s1. The van der Waals surface area contributed by atoms with Gasteiger partial charge in [-0.2, -0.15) is 13.2 Å². The number of aliphatic carboxylic acids is 1. The van der Waals surface area contributed by atoms with Crippen LogP contribution in [0.15, 0.2) is 0 Å². The lowest BCUT2D eigenvalue weighted by molar-refractivity contribution is -0.192. The summed E-state index contributed by atoms with van der Waals surface area (Å²) in [6, 6.07) is -0.676. The van der Waals surface area contributed by atoms with Gasteiger partial charge in [0.2, 0.25) is 5.91 Å². The lowest BCUT2D eigenvalue weighted by Crippen LogP contribution is -2.46. The molecule has 140 valence electrons. The fraction of sp³-hybridized carbons (Fsp3) is 0.769. The number of nitrogens with two attached hydrogens (primary N) is 1. The fourth-order valence-electron chi connectivity index (χ4n) is 1.65. The summed E-state index contributed by atoms with van der Waals surface area (Å²) in [6.07, 6.45) is -4.71. The molecule has 11 heteroatoms. The summed E-state index contributed by atoms with van der Waals surface area (Å²) in [5, 5.41) is 9.61. The molecule has 0 saturated carbocycles. The lowest BCUT2D eigenvalue weighted by Gasteiger charge is -2.18. The number of primary amides is 1. The molecule has 2 amide bonds. The number of alkyl halides is 3. The summed E-state index contributed by atoms with van der Waals surface area (Å²) in [5.41, 5.74) is 5.21. The average Bonchev–Trinajstić information content (AvgIpc) is 2.89. The molecule has 0 bridgehead atoms. The van der Waals surface area contributed by atoms with Gasteiger partial charge in [0.15, 0.2) is 0 Å². The molecule has 2 atom stereocenters. The third kappa shape index (κ3) is 9.87. The Labute approximate surface area is 136 Å². The van der Waals surface area contributed by atoms with E-state index in [1.165, 1.54) is 0 Å². The van der Waals surface area contributed by atoms with E-state index >= 15 is 0 Å². The van der Waals surface area contributed by atoms with Gasteiger partial charge in [-0.3, -0.25) is 4.79 Å². The molecular weight excluding hydrogens is 337 g/mol. The van der Waals surface area contributed by atoms with E-state index in [-0.39, 0.29) is 12.0 Å². The summed E-state index contributed by atoms with van der Waals surface area (Å²) in [6.45, 7) is 4.92. The van der Waals surface area contributed by atoms with Gasteiger partial charge < -0.3 is 25.6 Å². The number of carboxylic acids is 1. The zero-order valence-corrected chi connectivity index (χ0v) is 13.3. The highest BCUT2D eigenvalue weighted by atomic mass is 19.4. The summed E-state index contributed by atoms with van der Waals surface area (Å²) in [7, 11) is 0. The third-order valence-electron chi connectivity index (χ3n) is 2.75. The lowest BCUT2D eigenvalue weighted by atomic mass is 10.0. The third-order valence-corrected chi connectivity index (χ3v) is 2.75. The van der Waals surface area contributed by atoms with Crippen molar-refractivity contribution in [2.75, 3.05) is 13.2 Å². The predicted molar refractivity (Wildman–Crippen MR) is 75.0 cm³/mol. The minimum absolute atomic E-state index is 0.220. The van der Waals surface area contributed by atoms with E-state index in [1.54, 1.807) is 0 Å². The predicted octanol–water partition coefficient (Wildman–Crippen LogP) is 1.03. The van der Waals surface area contributed by atoms with Crippen molar-refractivity contribution in [1.82, 2.24) is 5.32 Å². The van der Waals surface area contributed by atoms with Crippen LogP contribution in [0.3, 0.4) is 0 Å². The van der Waals surface area contributed by atoms with Crippen LogP contribution in [0.5, 0.6) is 0 Å². The molecule has 1 fully saturated rings. The van der Waals surface area contributed by atoms with Crippen LogP contribution in [0.1, 0.15) is 26.7 Å². The number of hydrogen-bond acceptors (Lipinski definition) is 5. The number of carbonyl (C=O) groups is 3. The van der Waals surface area contributed by atoms with Gasteiger partial charge in [0.05, 0.1) is 13.2 Å². The van der Waals surface area contributed by atoms with E-state index in [0.717, 1.165) is 0 Å². The van der Waals surface area contributed by atoms with Gasteiger partial charge in [-0.15, -0.1) is 0 Å². The van der Waals surface area contributed by atoms with Crippen molar-refractivity contribution >= 4 is 18.0 Å². The monoisotopic (exact) mass is 358 g/mol. The van der Waals surface area contributed by atoms with Crippen molar-refractivity contribution in [2.24, 2.45) is 11.7 Å². The van der Waals surface area contributed by atoms with Gasteiger partial charge >= 0.3 is 18.2 Å². The summed E-state index contributed by atoms with van der Waals surface area (Å²) in [5.74, 6) is -3.03. The molecule has 1 heterocycles. The van der Waals surface area contributed by atoms with Gasteiger partial charge in [0, 0.05) is 6.42 Å². The van der Waals surface area contributed by atoms with E-state index in [1.807, 2.05) is 13.8 Å². The second-order valence-electron chi connectivity index (χ2n) is 5.42. The minimum atomic E-state index is -5.08. The minimum Gasteiger partial charge on any atom is -0.475 e. The van der Waals surface area contributed by atoms with Gasteiger partial charge in [0.1, 0.15) is 12.1 Å². The molecule has 8 nitrogen and oxygen atoms in total. The zero-order chi connectivity index (χ0) is 18.9. The average molecular weight is 358 g/mol. The first kappa shape index (κ1) is 22.0. The number of ether oxygens (including phenoxy) is 2. The molecule has 1 aliphatic heterocycles. The molecule has 0 aromatic heterocycles. The number of carboxylic acid groups (broad SMARTS) is 1. The molecule has 1 aliphatic rings. The molecule has 24 heavy (non-hydrogen) atoms. The van der Waals surface area contributed by atoms with Crippen LogP contribution in [0, 0.1) is 5.92 Å². The first-order valence-electron chi connectivity index (χ1n) is 7.07. The van der Waals surface area contributed by atoms with Crippen LogP contribution in [0.25, 0.3) is 0 Å². The molecule has 0 aromatic rings. The van der Waals surface area contributed by atoms with Crippen molar-refractivity contribution in [3.05, 3.63) is 0 Å². The second kappa shape index (κ2) is 9.96. The van der Waals surface area contributed by atoms with Crippen molar-refractivity contribution in [2.45, 2.75) is 45.0 Å². The first-order valence-corrected chi connectivity index (χ1v) is 7.07. The normalized spacial score (nSPS) is 18.3. The Balaban J connectivity index is 0.000000640. The molecule has 1 saturated heterocycles. The Hall–Kier alpha value is -2.04. The number of halogens is 3. The maximum absolute atomic E-state index is 11.5. The van der Waals surface area contributed by atoms with Crippen LogP contribution >= 0.6 is 0 Å². The van der Waals surface area contributed by atoms with Crippen molar-refractivity contribution in [1.29, 1.82) is 0 Å². The Morgan fingerprint density at radius 2 is 1.92 bits per heavy atom. The van der Waals surface area contributed by atoms with E-state index < -0.39 is 30.2 Å². The van der Waals surface area contributed by atoms with Crippen molar-refractivity contribution in [3.8, 4) is 0 Å². The first-order chi connectivity index (χ1) is 10.9. The number of alkyl carbamates (subject to hydrolysis) is 1. The quantitative estimate of drug-likeness (QED) is 0.673. The van der Waals surface area contributed by atoms with Crippen LogP contribution < -0.4 is 11.1 Å². The number of hydrogen-bond donors (Lipinski definition) is 3. The van der Waals surface area contributed by atoms with E-state index in [2.05, 4.69) is 5.32 Å². The van der Waals surface area contributed by atoms with Gasteiger partial charge in [-0.05, 0) is 12.3 Å². The molecule has 0 aliphatic carbocycles. The highest BCUT2D eigenvalue weighted by Crippen LogP contribution is 2.13. The Kier molecular flexibility index (Phi) is 9.11. The summed E-state index contributed by atoms with van der Waals surface area (Å²) >= 11 is 0. The highest BCUT2D eigenvalue weighted by molar-refractivity contribution is 5.84. The second-order valence-corrected chi connectivity index (χ2v) is 5.42. The summed E-state index contributed by atoms with van der Waals surface area (Å²) < 4.78 is 41.9. The largest absolute Gasteiger partial charge is 0.490 e. The van der Waals surface area contributed by atoms with Gasteiger partial charge in [0.25, 0.3) is 0 Å².